The molecule has 0 aliphatic rings. The number of hydrogen-bond acceptors (Lipinski definition) is 5. The highest BCUT2D eigenvalue weighted by Gasteiger charge is 2.60. The number of aromatic nitrogens is 1. The Morgan fingerprint density at radius 2 is 1.75 bits per heavy atom. The van der Waals surface area contributed by atoms with Crippen LogP contribution in [0.5, 0.6) is 5.75 Å². The van der Waals surface area contributed by atoms with E-state index >= 15 is 0 Å². The van der Waals surface area contributed by atoms with Crippen molar-refractivity contribution in [2.45, 2.75) is 51.3 Å². The third-order valence-electron chi connectivity index (χ3n) is 6.15. The van der Waals surface area contributed by atoms with Crippen LogP contribution in [0.1, 0.15) is 44.9 Å². The summed E-state index contributed by atoms with van der Waals surface area (Å²) in [5, 5.41) is 8.06. The number of halogens is 1. The van der Waals surface area contributed by atoms with Crippen molar-refractivity contribution in [2.75, 3.05) is 0 Å². The van der Waals surface area contributed by atoms with E-state index in [9.17, 15) is 23.7 Å². The fourth-order valence-electron chi connectivity index (χ4n) is 4.13. The number of esters is 1. The molecule has 0 fully saturated rings. The summed E-state index contributed by atoms with van der Waals surface area (Å²) in [6.07, 6.45) is -0.0998. The van der Waals surface area contributed by atoms with E-state index < -0.39 is 31.1 Å². The third kappa shape index (κ3) is 5.00. The molecule has 2 N–H and O–H groups in total. The van der Waals surface area contributed by atoms with E-state index in [1.807, 2.05) is 51.1 Å². The fraction of sp³-hybridized carbons (Fsp3) is 0.286. The molecule has 8 heteroatoms. The van der Waals surface area contributed by atoms with Crippen LogP contribution < -0.4 is 4.74 Å². The van der Waals surface area contributed by atoms with Crippen molar-refractivity contribution < 1.29 is 28.5 Å². The smallest absolute Gasteiger partial charge is 0.420 e. The van der Waals surface area contributed by atoms with Crippen molar-refractivity contribution in [1.29, 1.82) is 0 Å². The van der Waals surface area contributed by atoms with E-state index in [1.54, 1.807) is 12.1 Å². The summed E-state index contributed by atoms with van der Waals surface area (Å²) in [6, 6.07) is 15.3. The number of carbonyl (C=O) groups excluding carboxylic acids is 1. The standard InChI is InChI=1S/C28H29FNO5P/c1-6-22-23(19-13-15-21(29)16-14-19)26(35-27(32)28(7-2,18(5)31)36(33)34)24(17(3)4)30-25(22)20-11-9-8-10-12-20/h7-18,31H,2,6H2,1,3-5H3/p+1. The molecule has 0 spiro atoms. The van der Waals surface area contributed by atoms with Gasteiger partial charge in [0.2, 0.25) is 0 Å². The van der Waals surface area contributed by atoms with Crippen LogP contribution in [0, 0.1) is 5.82 Å². The van der Waals surface area contributed by atoms with E-state index in [-0.39, 0.29) is 11.7 Å². The molecule has 3 rings (SSSR count). The first-order chi connectivity index (χ1) is 17.1. The predicted molar refractivity (Wildman–Crippen MR) is 139 cm³/mol. The van der Waals surface area contributed by atoms with Crippen molar-refractivity contribution >= 4 is 14.0 Å². The van der Waals surface area contributed by atoms with Crippen molar-refractivity contribution in [2.24, 2.45) is 0 Å². The first-order valence-electron chi connectivity index (χ1n) is 11.7. The van der Waals surface area contributed by atoms with Crippen LogP contribution in [-0.2, 0) is 15.8 Å². The lowest BCUT2D eigenvalue weighted by atomic mass is 9.90. The van der Waals surface area contributed by atoms with Gasteiger partial charge >= 0.3 is 19.2 Å². The number of carbonyl (C=O) groups is 1. The number of pyridine rings is 1. The summed E-state index contributed by atoms with van der Waals surface area (Å²) in [5.74, 6) is -1.67. The second-order valence-electron chi connectivity index (χ2n) is 8.78. The fourth-order valence-corrected chi connectivity index (χ4v) is 4.81. The van der Waals surface area contributed by atoms with Gasteiger partial charge in [0.05, 0.1) is 11.4 Å². The van der Waals surface area contributed by atoms with Crippen LogP contribution in [0.4, 0.5) is 4.39 Å². The maximum absolute atomic E-state index is 13.8. The van der Waals surface area contributed by atoms with Crippen molar-refractivity contribution in [1.82, 2.24) is 4.98 Å². The van der Waals surface area contributed by atoms with Gasteiger partial charge in [-0.15, -0.1) is 0 Å². The molecule has 0 bridgehead atoms. The molecule has 1 heterocycles. The Hall–Kier alpha value is -3.25. The van der Waals surface area contributed by atoms with E-state index in [0.29, 0.717) is 28.9 Å². The van der Waals surface area contributed by atoms with Crippen molar-refractivity contribution in [3.63, 3.8) is 0 Å². The molecule has 1 aromatic heterocycles. The first-order valence-corrected chi connectivity index (χ1v) is 12.9. The van der Waals surface area contributed by atoms with Crippen LogP contribution in [0.2, 0.25) is 0 Å². The summed E-state index contributed by atoms with van der Waals surface area (Å²) in [4.78, 5) is 28.3. The molecule has 0 aliphatic carbocycles. The Morgan fingerprint density at radius 1 is 1.14 bits per heavy atom. The van der Waals surface area contributed by atoms with Gasteiger partial charge in [0.15, 0.2) is 5.75 Å². The zero-order valence-electron chi connectivity index (χ0n) is 20.7. The molecule has 36 heavy (non-hydrogen) atoms. The Morgan fingerprint density at radius 3 is 2.22 bits per heavy atom. The SMILES string of the molecule is C=CC(C(=O)Oc1c(C(C)C)nc(-c2ccccc2)c(CC)c1-c1ccc(F)cc1)(C(C)O)[P+](=O)O. The topological polar surface area (TPSA) is 96.7 Å². The minimum absolute atomic E-state index is 0.0989. The third-order valence-corrected chi connectivity index (χ3v) is 7.52. The van der Waals surface area contributed by atoms with Gasteiger partial charge in [-0.3, -0.25) is 0 Å². The van der Waals surface area contributed by atoms with Gasteiger partial charge in [0, 0.05) is 11.1 Å². The minimum Gasteiger partial charge on any atom is -0.420 e. The lowest BCUT2D eigenvalue weighted by Crippen LogP contribution is -2.46. The van der Waals surface area contributed by atoms with Crippen molar-refractivity contribution in [3.05, 3.63) is 84.3 Å². The van der Waals surface area contributed by atoms with E-state index in [0.717, 1.165) is 17.2 Å². The van der Waals surface area contributed by atoms with Gasteiger partial charge in [0.25, 0.3) is 0 Å². The molecule has 3 atom stereocenters. The molecule has 3 aromatic rings. The number of benzene rings is 2. The van der Waals surface area contributed by atoms with Crippen LogP contribution in [-0.4, -0.2) is 32.2 Å². The Bertz CT molecular complexity index is 1280. The number of rotatable bonds is 9. The lowest BCUT2D eigenvalue weighted by molar-refractivity contribution is -0.138. The predicted octanol–water partition coefficient (Wildman–Crippen LogP) is 6.19. The van der Waals surface area contributed by atoms with Gasteiger partial charge in [-0.05, 0) is 53.2 Å². The summed E-state index contributed by atoms with van der Waals surface area (Å²) in [6.45, 7) is 10.4. The molecule has 2 aromatic carbocycles. The van der Waals surface area contributed by atoms with E-state index in [2.05, 4.69) is 6.58 Å². The molecule has 0 radical (unpaired) electrons. The van der Waals surface area contributed by atoms with E-state index in [1.165, 1.54) is 19.1 Å². The Balaban J connectivity index is 2.40. The Labute approximate surface area is 211 Å². The summed E-state index contributed by atoms with van der Waals surface area (Å²) in [5.41, 5.74) is 3.87. The highest BCUT2D eigenvalue weighted by Crippen LogP contribution is 2.46. The average Bonchev–Trinajstić information content (AvgIpc) is 2.84. The summed E-state index contributed by atoms with van der Waals surface area (Å²) < 4.78 is 32.0. The van der Waals surface area contributed by atoms with Crippen LogP contribution in [0.25, 0.3) is 22.4 Å². The largest absolute Gasteiger partial charge is 0.531 e. The lowest BCUT2D eigenvalue weighted by Gasteiger charge is -2.25. The molecule has 0 saturated heterocycles. The number of aliphatic hydroxyl groups is 1. The molecule has 0 aliphatic heterocycles. The average molecular weight is 511 g/mol. The van der Waals surface area contributed by atoms with Crippen LogP contribution in [0.3, 0.4) is 0 Å². The second-order valence-corrected chi connectivity index (χ2v) is 10.1. The summed E-state index contributed by atoms with van der Waals surface area (Å²) in [7, 11) is -3.23. The number of hydrogen-bond donors (Lipinski definition) is 2. The van der Waals surface area contributed by atoms with Crippen LogP contribution in [0.15, 0.2) is 67.3 Å². The van der Waals surface area contributed by atoms with Gasteiger partial charge < -0.3 is 9.84 Å². The van der Waals surface area contributed by atoms with Gasteiger partial charge in [0.1, 0.15) is 11.9 Å². The van der Waals surface area contributed by atoms with Gasteiger partial charge in [-0.25, -0.2) is 14.2 Å². The normalized spacial score (nSPS) is 14.2. The zero-order valence-corrected chi connectivity index (χ0v) is 21.6. The molecular weight excluding hydrogens is 480 g/mol. The highest BCUT2D eigenvalue weighted by atomic mass is 31.1. The maximum atomic E-state index is 13.8. The number of nitrogens with zero attached hydrogens (tertiary/aromatic N) is 1. The monoisotopic (exact) mass is 510 g/mol. The molecule has 0 amide bonds. The number of ether oxygens (including phenoxy) is 1. The molecule has 3 unspecified atom stereocenters. The van der Waals surface area contributed by atoms with E-state index in [4.69, 9.17) is 9.72 Å². The quantitative estimate of drug-likeness (QED) is 0.203. The molecular formula is C28H30FNO5P+. The van der Waals surface area contributed by atoms with Crippen LogP contribution >= 0.6 is 8.03 Å². The molecule has 6 nitrogen and oxygen atoms in total. The van der Waals surface area contributed by atoms with Gasteiger partial charge in [-0.1, -0.05) is 69.8 Å². The second kappa shape index (κ2) is 11.2. The highest BCUT2D eigenvalue weighted by molar-refractivity contribution is 7.42. The van der Waals surface area contributed by atoms with Gasteiger partial charge in [-0.2, -0.15) is 4.89 Å². The zero-order chi connectivity index (χ0) is 26.6. The summed E-state index contributed by atoms with van der Waals surface area (Å²) >= 11 is 0. The number of aliphatic hydroxyl groups excluding tert-OH is 1. The Kier molecular flexibility index (Phi) is 8.51. The van der Waals surface area contributed by atoms with Crippen molar-refractivity contribution in [3.8, 4) is 28.1 Å². The molecule has 188 valence electrons. The maximum Gasteiger partial charge on any atom is 0.531 e. The molecule has 0 saturated carbocycles. The minimum atomic E-state index is -3.23. The first kappa shape index (κ1) is 27.3.